The average Bonchev–Trinajstić information content (AvgIpc) is 2.70. The van der Waals surface area contributed by atoms with E-state index in [1.807, 2.05) is 0 Å². The van der Waals surface area contributed by atoms with E-state index < -0.39 is 17.7 Å². The van der Waals surface area contributed by atoms with Crippen LogP contribution in [0.2, 0.25) is 0 Å². The third-order valence-corrected chi connectivity index (χ3v) is 5.73. The second-order valence-electron chi connectivity index (χ2n) is 6.91. The molecule has 3 aliphatic rings. The highest BCUT2D eigenvalue weighted by Crippen LogP contribution is 2.66. The van der Waals surface area contributed by atoms with Crippen molar-refractivity contribution in [2.45, 2.75) is 70.2 Å². The van der Waals surface area contributed by atoms with Crippen LogP contribution in [0, 0.1) is 5.41 Å². The number of carbonyl (C=O) groups is 1. The molecular weight excluding hydrogens is 244 g/mol. The Morgan fingerprint density at radius 3 is 2.58 bits per heavy atom. The molecule has 3 rings (SSSR count). The van der Waals surface area contributed by atoms with E-state index in [4.69, 9.17) is 4.74 Å². The Kier molecular flexibility index (Phi) is 2.50. The first-order valence-electron chi connectivity index (χ1n) is 7.06. The van der Waals surface area contributed by atoms with Gasteiger partial charge in [-0.25, -0.2) is 4.79 Å². The fraction of sp³-hybridized carbons (Fsp3) is 0.800. The monoisotopic (exact) mass is 266 g/mol. The number of hydrogen-bond donors (Lipinski definition) is 2. The first-order valence-corrected chi connectivity index (χ1v) is 7.06. The molecule has 19 heavy (non-hydrogen) atoms. The zero-order valence-electron chi connectivity index (χ0n) is 11.8. The highest BCUT2D eigenvalue weighted by molar-refractivity contribution is 5.78. The van der Waals surface area contributed by atoms with Gasteiger partial charge in [-0.2, -0.15) is 0 Å². The summed E-state index contributed by atoms with van der Waals surface area (Å²) in [6.07, 6.45) is 3.05. The lowest BCUT2D eigenvalue weighted by Gasteiger charge is -2.43. The average molecular weight is 266 g/mol. The molecule has 0 aromatic rings. The normalized spacial score (nSPS) is 48.2. The minimum Gasteiger partial charge on any atom is -0.479 e. The van der Waals surface area contributed by atoms with Gasteiger partial charge in [-0.05, 0) is 51.5 Å². The van der Waals surface area contributed by atoms with Crippen LogP contribution >= 0.6 is 0 Å². The number of fused-ring (bicyclic) bond motifs is 1. The molecule has 0 amide bonds. The van der Waals surface area contributed by atoms with E-state index in [0.717, 1.165) is 12.8 Å². The quantitative estimate of drug-likeness (QED) is 0.714. The Balaban J connectivity index is 2.06. The molecule has 2 saturated heterocycles. The standard InChI is InChI=1S/C15H22O4/c1-9(2)10-4-5-13(3)8-11-14(18,12(16)17)6-7-15(10,13)19-11/h11,18H,4-8H2,1-3H3,(H,16,17). The second-order valence-corrected chi connectivity index (χ2v) is 6.91. The number of ether oxygens (including phenoxy) is 1. The van der Waals surface area contributed by atoms with Crippen LogP contribution in [0.1, 0.15) is 52.9 Å². The van der Waals surface area contributed by atoms with Gasteiger partial charge in [0.15, 0.2) is 5.60 Å². The number of aliphatic carboxylic acids is 1. The highest BCUT2D eigenvalue weighted by atomic mass is 16.5. The number of aliphatic hydroxyl groups is 1. The Labute approximate surface area is 113 Å². The smallest absolute Gasteiger partial charge is 0.338 e. The van der Waals surface area contributed by atoms with Gasteiger partial charge in [-0.15, -0.1) is 0 Å². The molecule has 4 heteroatoms. The summed E-state index contributed by atoms with van der Waals surface area (Å²) in [4.78, 5) is 11.4. The van der Waals surface area contributed by atoms with Gasteiger partial charge in [0.25, 0.3) is 0 Å². The van der Waals surface area contributed by atoms with Crippen molar-refractivity contribution < 1.29 is 19.7 Å². The van der Waals surface area contributed by atoms with Gasteiger partial charge in [0.1, 0.15) is 0 Å². The number of hydrogen-bond acceptors (Lipinski definition) is 3. The van der Waals surface area contributed by atoms with Crippen LogP contribution in [0.4, 0.5) is 0 Å². The molecule has 1 saturated carbocycles. The van der Waals surface area contributed by atoms with Crippen molar-refractivity contribution in [2.24, 2.45) is 5.41 Å². The summed E-state index contributed by atoms with van der Waals surface area (Å²) < 4.78 is 6.17. The molecular formula is C15H22O4. The van der Waals surface area contributed by atoms with E-state index in [1.165, 1.54) is 11.1 Å². The van der Waals surface area contributed by atoms with Crippen molar-refractivity contribution >= 4 is 5.97 Å². The molecule has 0 aromatic carbocycles. The summed E-state index contributed by atoms with van der Waals surface area (Å²) in [6, 6.07) is 0. The van der Waals surface area contributed by atoms with Gasteiger partial charge in [0, 0.05) is 5.41 Å². The van der Waals surface area contributed by atoms with E-state index in [9.17, 15) is 15.0 Å². The van der Waals surface area contributed by atoms with Crippen LogP contribution in [-0.4, -0.2) is 33.5 Å². The molecule has 3 fully saturated rings. The van der Waals surface area contributed by atoms with Gasteiger partial charge in [-0.3, -0.25) is 0 Å². The van der Waals surface area contributed by atoms with Crippen LogP contribution < -0.4 is 0 Å². The number of rotatable bonds is 1. The lowest BCUT2D eigenvalue weighted by molar-refractivity contribution is -0.200. The van der Waals surface area contributed by atoms with Crippen molar-refractivity contribution in [1.29, 1.82) is 0 Å². The molecule has 2 N–H and O–H groups in total. The summed E-state index contributed by atoms with van der Waals surface area (Å²) in [5.41, 5.74) is 0.573. The molecule has 0 radical (unpaired) electrons. The maximum atomic E-state index is 11.4. The van der Waals surface area contributed by atoms with Crippen LogP contribution in [0.15, 0.2) is 11.1 Å². The highest BCUT2D eigenvalue weighted by Gasteiger charge is 2.69. The van der Waals surface area contributed by atoms with E-state index in [1.54, 1.807) is 0 Å². The maximum Gasteiger partial charge on any atom is 0.338 e. The van der Waals surface area contributed by atoms with Crippen molar-refractivity contribution in [3.63, 3.8) is 0 Å². The molecule has 1 aliphatic carbocycles. The van der Waals surface area contributed by atoms with Gasteiger partial charge in [0.2, 0.25) is 0 Å². The maximum absolute atomic E-state index is 11.4. The Morgan fingerprint density at radius 2 is 2.00 bits per heavy atom. The van der Waals surface area contributed by atoms with E-state index in [0.29, 0.717) is 19.3 Å². The molecule has 1 spiro atoms. The third-order valence-electron chi connectivity index (χ3n) is 5.73. The number of allylic oxidation sites excluding steroid dienone is 1. The van der Waals surface area contributed by atoms with Crippen molar-refractivity contribution in [3.05, 3.63) is 11.1 Å². The third kappa shape index (κ3) is 1.39. The first kappa shape index (κ1) is 13.1. The van der Waals surface area contributed by atoms with E-state index in [2.05, 4.69) is 20.8 Å². The van der Waals surface area contributed by atoms with Gasteiger partial charge in [-0.1, -0.05) is 12.5 Å². The zero-order valence-corrected chi connectivity index (χ0v) is 11.8. The Bertz CT molecular complexity index is 479. The van der Waals surface area contributed by atoms with Crippen LogP contribution in [0.3, 0.4) is 0 Å². The lowest BCUT2D eigenvalue weighted by Crippen LogP contribution is -2.55. The topological polar surface area (TPSA) is 66.8 Å². The fourth-order valence-electron chi connectivity index (χ4n) is 4.55. The molecule has 2 bridgehead atoms. The minimum atomic E-state index is -1.70. The van der Waals surface area contributed by atoms with Gasteiger partial charge in [0.05, 0.1) is 11.7 Å². The van der Waals surface area contributed by atoms with E-state index in [-0.39, 0.29) is 11.0 Å². The number of carboxylic acid groups (broad SMARTS) is 1. The summed E-state index contributed by atoms with van der Waals surface area (Å²) in [6.45, 7) is 6.39. The molecule has 4 nitrogen and oxygen atoms in total. The summed E-state index contributed by atoms with van der Waals surface area (Å²) in [5, 5.41) is 19.7. The second kappa shape index (κ2) is 3.61. The van der Waals surface area contributed by atoms with Gasteiger partial charge >= 0.3 is 5.97 Å². The predicted octanol–water partition coefficient (Wildman–Crippen LogP) is 2.26. The van der Waals surface area contributed by atoms with Crippen molar-refractivity contribution in [1.82, 2.24) is 0 Å². The number of carboxylic acids is 1. The molecule has 0 aromatic heterocycles. The largest absolute Gasteiger partial charge is 0.479 e. The van der Waals surface area contributed by atoms with Crippen molar-refractivity contribution in [2.75, 3.05) is 0 Å². The lowest BCUT2D eigenvalue weighted by atomic mass is 9.72. The zero-order chi connectivity index (χ0) is 14.1. The van der Waals surface area contributed by atoms with E-state index >= 15 is 0 Å². The fourth-order valence-corrected chi connectivity index (χ4v) is 4.55. The van der Waals surface area contributed by atoms with Crippen LogP contribution in [-0.2, 0) is 9.53 Å². The van der Waals surface area contributed by atoms with Crippen LogP contribution in [0.5, 0.6) is 0 Å². The predicted molar refractivity (Wildman–Crippen MR) is 69.8 cm³/mol. The Morgan fingerprint density at radius 1 is 1.32 bits per heavy atom. The summed E-state index contributed by atoms with van der Waals surface area (Å²) >= 11 is 0. The summed E-state index contributed by atoms with van der Waals surface area (Å²) in [5.74, 6) is -1.14. The molecule has 4 unspecified atom stereocenters. The molecule has 4 atom stereocenters. The van der Waals surface area contributed by atoms with Gasteiger partial charge < -0.3 is 14.9 Å². The minimum absolute atomic E-state index is 0.0236. The molecule has 2 aliphatic heterocycles. The molecule has 106 valence electrons. The molecule has 2 heterocycles. The van der Waals surface area contributed by atoms with Crippen LogP contribution in [0.25, 0.3) is 0 Å². The Hall–Kier alpha value is -0.870. The summed E-state index contributed by atoms with van der Waals surface area (Å²) in [7, 11) is 0. The SMILES string of the molecule is CC(C)=C1CCC2(C)CC3OC12CCC3(O)C(=O)O. The van der Waals surface area contributed by atoms with Crippen molar-refractivity contribution in [3.8, 4) is 0 Å². The first-order chi connectivity index (χ1) is 8.75.